The van der Waals surface area contributed by atoms with E-state index < -0.39 is 16.1 Å². The minimum absolute atomic E-state index is 0.0431. The van der Waals surface area contributed by atoms with E-state index in [4.69, 9.17) is 11.6 Å². The molecule has 1 aromatic rings. The van der Waals surface area contributed by atoms with E-state index in [2.05, 4.69) is 10.0 Å². The smallest absolute Gasteiger partial charge is 0.221 e. The molecule has 0 fully saturated rings. The third kappa shape index (κ3) is 7.45. The van der Waals surface area contributed by atoms with Crippen LogP contribution in [0.25, 0.3) is 0 Å². The van der Waals surface area contributed by atoms with Crippen LogP contribution in [0.15, 0.2) is 24.3 Å². The van der Waals surface area contributed by atoms with Gasteiger partial charge in [0, 0.05) is 18.0 Å². The van der Waals surface area contributed by atoms with E-state index in [1.807, 2.05) is 13.8 Å². The fraction of sp³-hybridized carbons (Fsp3) is 0.500. The number of nitrogens with one attached hydrogen (secondary N) is 2. The Kier molecular flexibility index (Phi) is 6.64. The van der Waals surface area contributed by atoms with E-state index in [0.29, 0.717) is 23.0 Å². The van der Waals surface area contributed by atoms with E-state index in [-0.39, 0.29) is 12.3 Å². The van der Waals surface area contributed by atoms with Crippen LogP contribution in [0, 0.1) is 5.92 Å². The molecule has 0 saturated carbocycles. The number of halogens is 1. The fourth-order valence-corrected chi connectivity index (χ4v) is 2.62. The molecule has 2 N–H and O–H groups in total. The van der Waals surface area contributed by atoms with E-state index in [9.17, 15) is 13.2 Å². The van der Waals surface area contributed by atoms with E-state index in [1.165, 1.54) is 0 Å². The molecule has 118 valence electrons. The van der Waals surface area contributed by atoms with Crippen LogP contribution in [0.5, 0.6) is 0 Å². The summed E-state index contributed by atoms with van der Waals surface area (Å²) in [6.45, 7) is 4.54. The van der Waals surface area contributed by atoms with Gasteiger partial charge in [-0.25, -0.2) is 13.1 Å². The molecule has 0 aliphatic carbocycles. The Morgan fingerprint density at radius 1 is 1.24 bits per heavy atom. The van der Waals surface area contributed by atoms with Gasteiger partial charge >= 0.3 is 0 Å². The van der Waals surface area contributed by atoms with Gasteiger partial charge in [-0.05, 0) is 23.6 Å². The summed E-state index contributed by atoms with van der Waals surface area (Å²) in [6.07, 6.45) is 1.11. The number of hydrogen-bond acceptors (Lipinski definition) is 3. The molecule has 1 aromatic carbocycles. The Balaban J connectivity index is 2.82. The zero-order valence-corrected chi connectivity index (χ0v) is 14.0. The van der Waals surface area contributed by atoms with Crippen molar-refractivity contribution in [1.29, 1.82) is 0 Å². The lowest BCUT2D eigenvalue weighted by Gasteiger charge is -2.18. The monoisotopic (exact) mass is 332 g/mol. The molecule has 0 bridgehead atoms. The van der Waals surface area contributed by atoms with Gasteiger partial charge in [-0.2, -0.15) is 0 Å². The van der Waals surface area contributed by atoms with Crippen LogP contribution in [-0.2, 0) is 14.8 Å². The highest BCUT2D eigenvalue weighted by Gasteiger charge is 2.19. The molecule has 0 spiro atoms. The summed E-state index contributed by atoms with van der Waals surface area (Å²) in [6, 6.07) is 6.14. The Morgan fingerprint density at radius 2 is 1.81 bits per heavy atom. The van der Waals surface area contributed by atoms with Crippen molar-refractivity contribution in [3.63, 3.8) is 0 Å². The molecule has 0 aliphatic heterocycles. The van der Waals surface area contributed by atoms with Gasteiger partial charge < -0.3 is 5.32 Å². The number of rotatable bonds is 7. The summed E-state index contributed by atoms with van der Waals surface area (Å²) in [5, 5.41) is 3.34. The molecule has 1 atom stereocenters. The minimum atomic E-state index is -3.42. The molecule has 0 radical (unpaired) electrons. The zero-order valence-electron chi connectivity index (χ0n) is 12.4. The summed E-state index contributed by atoms with van der Waals surface area (Å²) in [5.74, 6) is 0.144. The lowest BCUT2D eigenvalue weighted by molar-refractivity contribution is -0.121. The van der Waals surface area contributed by atoms with E-state index >= 15 is 0 Å². The van der Waals surface area contributed by atoms with Gasteiger partial charge in [0.15, 0.2) is 0 Å². The maximum atomic E-state index is 11.9. The van der Waals surface area contributed by atoms with Crippen LogP contribution in [0.3, 0.4) is 0 Å². The maximum Gasteiger partial charge on any atom is 0.221 e. The van der Waals surface area contributed by atoms with Crippen LogP contribution in [0.4, 0.5) is 0 Å². The number of hydrogen-bond donors (Lipinski definition) is 2. The molecule has 0 aromatic heterocycles. The fourth-order valence-electron chi connectivity index (χ4n) is 1.76. The van der Waals surface area contributed by atoms with Gasteiger partial charge in [0.05, 0.1) is 12.3 Å². The van der Waals surface area contributed by atoms with Gasteiger partial charge in [0.2, 0.25) is 15.9 Å². The predicted octanol–water partition coefficient (Wildman–Crippen LogP) is 2.09. The standard InChI is InChI=1S/C14H21ClN2O3S/c1-10(2)9-16-14(18)8-13(17-21(3,19)20)11-4-6-12(15)7-5-11/h4-7,10,13,17H,8-9H2,1-3H3,(H,16,18)/t13-/m0/s1. The topological polar surface area (TPSA) is 75.3 Å². The SMILES string of the molecule is CC(C)CNC(=O)C[C@H](NS(C)(=O)=O)c1ccc(Cl)cc1. The molecule has 1 amide bonds. The van der Waals surface area contributed by atoms with E-state index in [1.54, 1.807) is 24.3 Å². The number of sulfonamides is 1. The molecular weight excluding hydrogens is 312 g/mol. The molecule has 0 saturated heterocycles. The van der Waals surface area contributed by atoms with Gasteiger partial charge in [0.25, 0.3) is 0 Å². The molecule has 0 heterocycles. The highest BCUT2D eigenvalue weighted by Crippen LogP contribution is 2.20. The molecule has 7 heteroatoms. The Hall–Kier alpha value is -1.11. The first-order valence-corrected chi connectivity index (χ1v) is 8.94. The Labute approximate surface area is 131 Å². The van der Waals surface area contributed by atoms with Crippen molar-refractivity contribution in [3.8, 4) is 0 Å². The van der Waals surface area contributed by atoms with Gasteiger partial charge in [-0.1, -0.05) is 37.6 Å². The second-order valence-electron chi connectivity index (χ2n) is 5.40. The first kappa shape index (κ1) is 17.9. The van der Waals surface area contributed by atoms with Gasteiger partial charge in [-0.15, -0.1) is 0 Å². The Morgan fingerprint density at radius 3 is 2.29 bits per heavy atom. The predicted molar refractivity (Wildman–Crippen MR) is 84.6 cm³/mol. The largest absolute Gasteiger partial charge is 0.356 e. The summed E-state index contributed by atoms with van der Waals surface area (Å²) >= 11 is 5.82. The second kappa shape index (κ2) is 7.77. The average molecular weight is 333 g/mol. The van der Waals surface area contributed by atoms with Gasteiger partial charge in [-0.3, -0.25) is 4.79 Å². The Bertz CT molecular complexity index is 570. The lowest BCUT2D eigenvalue weighted by atomic mass is 10.0. The number of carbonyl (C=O) groups excluding carboxylic acids is 1. The maximum absolute atomic E-state index is 11.9. The number of amides is 1. The lowest BCUT2D eigenvalue weighted by Crippen LogP contribution is -2.34. The number of benzene rings is 1. The van der Waals surface area contributed by atoms with Crippen LogP contribution in [-0.4, -0.2) is 27.1 Å². The highest BCUT2D eigenvalue weighted by atomic mass is 35.5. The van der Waals surface area contributed by atoms with Crippen molar-refractivity contribution in [2.24, 2.45) is 5.92 Å². The highest BCUT2D eigenvalue weighted by molar-refractivity contribution is 7.88. The van der Waals surface area contributed by atoms with Crippen molar-refractivity contribution >= 4 is 27.5 Å². The first-order valence-electron chi connectivity index (χ1n) is 6.67. The molecular formula is C14H21ClN2O3S. The first-order chi connectivity index (χ1) is 9.67. The van der Waals surface area contributed by atoms with Crippen LogP contribution >= 0.6 is 11.6 Å². The van der Waals surface area contributed by atoms with Crippen molar-refractivity contribution in [2.45, 2.75) is 26.3 Å². The van der Waals surface area contributed by atoms with Crippen LogP contribution in [0.2, 0.25) is 5.02 Å². The van der Waals surface area contributed by atoms with Crippen molar-refractivity contribution in [3.05, 3.63) is 34.9 Å². The van der Waals surface area contributed by atoms with Crippen LogP contribution < -0.4 is 10.0 Å². The van der Waals surface area contributed by atoms with Gasteiger partial charge in [0.1, 0.15) is 0 Å². The zero-order chi connectivity index (χ0) is 16.0. The molecule has 0 aliphatic rings. The molecule has 1 rings (SSSR count). The minimum Gasteiger partial charge on any atom is -0.356 e. The second-order valence-corrected chi connectivity index (χ2v) is 7.61. The molecule has 0 unspecified atom stereocenters. The van der Waals surface area contributed by atoms with Crippen molar-refractivity contribution < 1.29 is 13.2 Å². The third-order valence-corrected chi connectivity index (χ3v) is 3.69. The summed E-state index contributed by atoms with van der Waals surface area (Å²) in [4.78, 5) is 11.9. The summed E-state index contributed by atoms with van der Waals surface area (Å²) in [5.41, 5.74) is 0.699. The van der Waals surface area contributed by atoms with E-state index in [0.717, 1.165) is 6.26 Å². The normalized spacial score (nSPS) is 13.2. The average Bonchev–Trinajstić information content (AvgIpc) is 2.35. The quantitative estimate of drug-likeness (QED) is 0.802. The van der Waals surface area contributed by atoms with Crippen molar-refractivity contribution in [1.82, 2.24) is 10.0 Å². The van der Waals surface area contributed by atoms with Crippen molar-refractivity contribution in [2.75, 3.05) is 12.8 Å². The summed E-state index contributed by atoms with van der Waals surface area (Å²) < 4.78 is 25.4. The third-order valence-electron chi connectivity index (χ3n) is 2.73. The van der Waals surface area contributed by atoms with Crippen LogP contribution in [0.1, 0.15) is 31.9 Å². The number of carbonyl (C=O) groups is 1. The summed E-state index contributed by atoms with van der Waals surface area (Å²) in [7, 11) is -3.42. The molecule has 21 heavy (non-hydrogen) atoms. The molecule has 5 nitrogen and oxygen atoms in total.